The third kappa shape index (κ3) is 6.77. The molecule has 136 valence electrons. The molecule has 0 fully saturated rings. The van der Waals surface area contributed by atoms with Crippen LogP contribution in [0.5, 0.6) is 5.75 Å². The second kappa shape index (κ2) is 10.2. The van der Waals surface area contributed by atoms with Gasteiger partial charge in [-0.15, -0.1) is 0 Å². The predicted octanol–water partition coefficient (Wildman–Crippen LogP) is 5.07. The molecule has 0 spiro atoms. The first-order valence-electron chi connectivity index (χ1n) is 7.95. The fourth-order valence-electron chi connectivity index (χ4n) is 2.56. The molecule has 0 radical (unpaired) electrons. The zero-order chi connectivity index (χ0) is 19.2. The zero-order valence-corrected chi connectivity index (χ0v) is 19.7. The molecule has 0 saturated carbocycles. The summed E-state index contributed by atoms with van der Waals surface area (Å²) >= 11 is -0.556. The molecule has 0 heterocycles. The van der Waals surface area contributed by atoms with Crippen LogP contribution in [0.25, 0.3) is 0 Å². The van der Waals surface area contributed by atoms with E-state index in [9.17, 15) is 5.11 Å². The molecule has 2 aromatic carbocycles. The number of hydrogen-bond donors (Lipinski definition) is 1. The monoisotopic (exact) mass is 433 g/mol. The zero-order valence-electron chi connectivity index (χ0n) is 15.6. The second-order valence-corrected chi connectivity index (χ2v) is 11.0. The number of halogens is 2. The Kier molecular flexibility index (Phi) is 9.30. The summed E-state index contributed by atoms with van der Waals surface area (Å²) in [7, 11) is 14.3. The van der Waals surface area contributed by atoms with Gasteiger partial charge >= 0.3 is 35.6 Å². The van der Waals surface area contributed by atoms with E-state index in [2.05, 4.69) is 83.1 Å². The van der Waals surface area contributed by atoms with Gasteiger partial charge in [0.15, 0.2) is 0 Å². The third-order valence-electron chi connectivity index (χ3n) is 3.72. The van der Waals surface area contributed by atoms with Gasteiger partial charge in [-0.2, -0.15) is 0 Å². The first-order valence-corrected chi connectivity index (χ1v) is 13.2. The van der Waals surface area contributed by atoms with Gasteiger partial charge in [-0.3, -0.25) is 0 Å². The standard InChI is InChI=1S/C19H26NOP.2ClH.Ti/c1-13-11-14(19(2,3)4)18(21)17(12-13)22-16-10-8-7-9-15(16)20(5)6;;;/h7-12,21-22H,1-6H3;2*1H;/q;;;+2/p-2. The average molecular weight is 434 g/mol. The number of benzene rings is 2. The van der Waals surface area contributed by atoms with Crippen LogP contribution >= 0.6 is 27.2 Å². The van der Waals surface area contributed by atoms with E-state index in [0.29, 0.717) is 14.3 Å². The van der Waals surface area contributed by atoms with E-state index in [1.807, 2.05) is 0 Å². The Morgan fingerprint density at radius 1 is 1.04 bits per heavy atom. The number of anilines is 1. The molecule has 2 aromatic rings. The Labute approximate surface area is 170 Å². The summed E-state index contributed by atoms with van der Waals surface area (Å²) in [5.74, 6) is 0.449. The Bertz CT molecular complexity index is 702. The van der Waals surface area contributed by atoms with Gasteiger partial charge in [0.2, 0.25) is 0 Å². The molecule has 0 bridgehead atoms. The molecule has 0 saturated heterocycles. The van der Waals surface area contributed by atoms with Crippen LogP contribution in [0, 0.1) is 6.92 Å². The summed E-state index contributed by atoms with van der Waals surface area (Å²) < 4.78 is 0. The predicted molar refractivity (Wildman–Crippen MR) is 112 cm³/mol. The van der Waals surface area contributed by atoms with Gasteiger partial charge < -0.3 is 10.0 Å². The van der Waals surface area contributed by atoms with Crippen molar-refractivity contribution in [2.45, 2.75) is 33.1 Å². The topological polar surface area (TPSA) is 23.5 Å². The molecule has 0 aromatic heterocycles. The molecule has 1 atom stereocenters. The molecule has 6 heteroatoms. The maximum atomic E-state index is 10.7. The Morgan fingerprint density at radius 2 is 1.60 bits per heavy atom. The van der Waals surface area contributed by atoms with Crippen LogP contribution in [0.15, 0.2) is 36.4 Å². The fraction of sp³-hybridized carbons (Fsp3) is 0.368. The molecule has 0 aliphatic rings. The summed E-state index contributed by atoms with van der Waals surface area (Å²) in [6.07, 6.45) is 0. The van der Waals surface area contributed by atoms with Crippen molar-refractivity contribution in [2.75, 3.05) is 19.0 Å². The van der Waals surface area contributed by atoms with Crippen molar-refractivity contribution in [3.05, 3.63) is 47.5 Å². The Morgan fingerprint density at radius 3 is 2.12 bits per heavy atom. The number of hydrogen-bond acceptors (Lipinski definition) is 2. The van der Waals surface area contributed by atoms with Crippen molar-refractivity contribution in [1.29, 1.82) is 0 Å². The average Bonchev–Trinajstić information content (AvgIpc) is 2.50. The van der Waals surface area contributed by atoms with Crippen LogP contribution < -0.4 is 15.5 Å². The summed E-state index contributed by atoms with van der Waals surface area (Å²) in [5, 5.41) is 13.0. The van der Waals surface area contributed by atoms with Gasteiger partial charge in [-0.05, 0) is 30.0 Å². The molecule has 0 aliphatic heterocycles. The van der Waals surface area contributed by atoms with Crippen molar-refractivity contribution < 1.29 is 22.1 Å². The molecule has 1 unspecified atom stereocenters. The van der Waals surface area contributed by atoms with Gasteiger partial charge in [-0.1, -0.05) is 53.6 Å². The number of aryl methyl sites for hydroxylation is 1. The first-order chi connectivity index (χ1) is 11.6. The van der Waals surface area contributed by atoms with Crippen molar-refractivity contribution >= 4 is 43.5 Å². The van der Waals surface area contributed by atoms with Crippen LogP contribution in [0.4, 0.5) is 5.69 Å². The number of phenols is 1. The molecule has 25 heavy (non-hydrogen) atoms. The van der Waals surface area contributed by atoms with Crippen LogP contribution in [0.1, 0.15) is 31.9 Å². The quantitative estimate of drug-likeness (QED) is 0.539. The van der Waals surface area contributed by atoms with Crippen LogP contribution in [0.3, 0.4) is 0 Å². The van der Waals surface area contributed by atoms with Gasteiger partial charge in [0, 0.05) is 36.0 Å². The number of nitrogens with zero attached hydrogens (tertiary/aromatic N) is 1. The molecule has 2 rings (SSSR count). The summed E-state index contributed by atoms with van der Waals surface area (Å²) in [4.78, 5) is 2.12. The summed E-state index contributed by atoms with van der Waals surface area (Å²) in [5.41, 5.74) is 3.38. The summed E-state index contributed by atoms with van der Waals surface area (Å²) in [6.45, 7) is 8.52. The van der Waals surface area contributed by atoms with Crippen LogP contribution in [-0.4, -0.2) is 19.2 Å². The Balaban J connectivity index is 0.000000970. The number of rotatable bonds is 3. The molecule has 0 amide bonds. The van der Waals surface area contributed by atoms with Crippen molar-refractivity contribution in [3.8, 4) is 5.75 Å². The van der Waals surface area contributed by atoms with E-state index in [-0.39, 0.29) is 5.41 Å². The van der Waals surface area contributed by atoms with Crippen molar-refractivity contribution in [2.24, 2.45) is 0 Å². The van der Waals surface area contributed by atoms with Gasteiger partial charge in [-0.25, -0.2) is 0 Å². The van der Waals surface area contributed by atoms with Gasteiger partial charge in [0.05, 0.1) is 0 Å². The van der Waals surface area contributed by atoms with Crippen molar-refractivity contribution in [3.63, 3.8) is 0 Å². The number of aromatic hydroxyl groups is 1. The summed E-state index contributed by atoms with van der Waals surface area (Å²) in [6, 6.07) is 12.6. The van der Waals surface area contributed by atoms with Crippen LogP contribution in [0.2, 0.25) is 0 Å². The minimum absolute atomic E-state index is 0.0591. The van der Waals surface area contributed by atoms with E-state index >= 15 is 0 Å². The van der Waals surface area contributed by atoms with E-state index in [0.717, 1.165) is 10.9 Å². The fourth-order valence-corrected chi connectivity index (χ4v) is 4.02. The molecular weight excluding hydrogens is 408 g/mol. The molecule has 2 nitrogen and oxygen atoms in total. The molecule has 0 aliphatic carbocycles. The molecule has 1 N–H and O–H groups in total. The van der Waals surface area contributed by atoms with Crippen molar-refractivity contribution in [1.82, 2.24) is 0 Å². The minimum atomic E-state index is -0.556. The van der Waals surface area contributed by atoms with E-state index < -0.39 is 17.0 Å². The number of phenolic OH excluding ortho intramolecular Hbond substituents is 1. The van der Waals surface area contributed by atoms with E-state index in [4.69, 9.17) is 18.6 Å². The maximum absolute atomic E-state index is 10.7. The van der Waals surface area contributed by atoms with Crippen LogP contribution in [-0.2, 0) is 22.4 Å². The number of para-hydroxylation sites is 1. The third-order valence-corrected chi connectivity index (χ3v) is 5.06. The van der Waals surface area contributed by atoms with Gasteiger partial charge in [0.25, 0.3) is 0 Å². The second-order valence-electron chi connectivity index (χ2n) is 7.07. The Hall–Kier alpha value is -0.236. The first kappa shape index (κ1) is 22.8. The normalized spacial score (nSPS) is 11.2. The van der Waals surface area contributed by atoms with E-state index in [1.165, 1.54) is 16.6 Å². The SMILES string of the molecule is Cc1cc(Pc2ccccc2N(C)C)c(O)c(C(C)(C)C)c1.[Cl][Ti][Cl]. The molecular formula is C19H26Cl2NOPTi. The van der Waals surface area contributed by atoms with Gasteiger partial charge in [0.1, 0.15) is 5.75 Å². The van der Waals surface area contributed by atoms with E-state index in [1.54, 1.807) is 0 Å².